The summed E-state index contributed by atoms with van der Waals surface area (Å²) in [5.74, 6) is 2.16. The largest absolute Gasteiger partial charge is 0.495 e. The molecule has 0 radical (unpaired) electrons. The zero-order valence-corrected chi connectivity index (χ0v) is 12.1. The van der Waals surface area contributed by atoms with Crippen LogP contribution in [0.4, 0.5) is 0 Å². The fourth-order valence-electron chi connectivity index (χ4n) is 1.76. The van der Waals surface area contributed by atoms with Crippen LogP contribution >= 0.6 is 23.2 Å². The van der Waals surface area contributed by atoms with Gasteiger partial charge in [0.25, 0.3) is 0 Å². The van der Waals surface area contributed by atoms with Crippen LogP contribution in [-0.4, -0.2) is 29.0 Å². The molecule has 7 heteroatoms. The highest BCUT2D eigenvalue weighted by Gasteiger charge is 2.14. The topological polar surface area (TPSA) is 49.2 Å². The van der Waals surface area contributed by atoms with Crippen molar-refractivity contribution in [2.24, 2.45) is 0 Å². The van der Waals surface area contributed by atoms with Crippen molar-refractivity contribution >= 4 is 23.2 Å². The second kappa shape index (κ2) is 6.23. The van der Waals surface area contributed by atoms with Gasteiger partial charge in [0.2, 0.25) is 0 Å². The molecule has 1 aromatic heterocycles. The lowest BCUT2D eigenvalue weighted by Gasteiger charge is -2.11. The molecular weight excluding hydrogens is 289 g/mol. The van der Waals surface area contributed by atoms with Gasteiger partial charge in [0.05, 0.1) is 23.7 Å². The van der Waals surface area contributed by atoms with E-state index in [1.807, 2.05) is 10.6 Å². The SMILES string of the molecule is COCc1nnc(CCl)n1-c1ccc(OC)c(Cl)c1. The average Bonchev–Trinajstić information content (AvgIpc) is 2.82. The molecule has 5 nitrogen and oxygen atoms in total. The highest BCUT2D eigenvalue weighted by Crippen LogP contribution is 2.27. The average molecular weight is 302 g/mol. The zero-order valence-electron chi connectivity index (χ0n) is 10.6. The first kappa shape index (κ1) is 14.1. The summed E-state index contributed by atoms with van der Waals surface area (Å²) in [5.41, 5.74) is 0.818. The standard InChI is InChI=1S/C12H13Cl2N3O2/c1-18-7-12-16-15-11(6-13)17(12)8-3-4-10(19-2)9(14)5-8/h3-5H,6-7H2,1-2H3. The van der Waals surface area contributed by atoms with E-state index >= 15 is 0 Å². The second-order valence-corrected chi connectivity index (χ2v) is 4.43. The van der Waals surface area contributed by atoms with Gasteiger partial charge in [-0.1, -0.05) is 11.6 Å². The fourth-order valence-corrected chi connectivity index (χ4v) is 2.18. The maximum absolute atomic E-state index is 6.13. The summed E-state index contributed by atoms with van der Waals surface area (Å²) < 4.78 is 12.0. The van der Waals surface area contributed by atoms with Gasteiger partial charge >= 0.3 is 0 Å². The quantitative estimate of drug-likeness (QED) is 0.797. The Morgan fingerprint density at radius 2 is 1.95 bits per heavy atom. The van der Waals surface area contributed by atoms with Gasteiger partial charge in [-0.05, 0) is 18.2 Å². The van der Waals surface area contributed by atoms with Crippen LogP contribution in [0.2, 0.25) is 5.02 Å². The predicted molar refractivity (Wildman–Crippen MR) is 73.2 cm³/mol. The minimum Gasteiger partial charge on any atom is -0.495 e. The molecule has 0 atom stereocenters. The molecule has 0 aliphatic carbocycles. The summed E-state index contributed by atoms with van der Waals surface area (Å²) in [6, 6.07) is 5.43. The van der Waals surface area contributed by atoms with Crippen molar-refractivity contribution < 1.29 is 9.47 Å². The van der Waals surface area contributed by atoms with Crippen molar-refractivity contribution in [3.63, 3.8) is 0 Å². The number of rotatable bonds is 5. The summed E-state index contributed by atoms with van der Waals surface area (Å²) in [5, 5.41) is 8.59. The first-order valence-electron chi connectivity index (χ1n) is 5.53. The Bertz CT molecular complexity index is 572. The third-order valence-electron chi connectivity index (χ3n) is 2.58. The highest BCUT2D eigenvalue weighted by molar-refractivity contribution is 6.32. The minimum absolute atomic E-state index is 0.250. The van der Waals surface area contributed by atoms with Crippen LogP contribution in [0.1, 0.15) is 11.6 Å². The lowest BCUT2D eigenvalue weighted by Crippen LogP contribution is -2.05. The van der Waals surface area contributed by atoms with Crippen LogP contribution < -0.4 is 4.74 Å². The molecule has 0 aliphatic heterocycles. The number of benzene rings is 1. The Morgan fingerprint density at radius 3 is 2.53 bits per heavy atom. The number of methoxy groups -OCH3 is 2. The molecule has 2 rings (SSSR count). The van der Waals surface area contributed by atoms with E-state index in [9.17, 15) is 0 Å². The molecule has 0 spiro atoms. The molecule has 0 N–H and O–H groups in total. The van der Waals surface area contributed by atoms with Gasteiger partial charge in [0, 0.05) is 7.11 Å². The molecule has 0 bridgehead atoms. The number of ether oxygens (including phenoxy) is 2. The normalized spacial score (nSPS) is 10.7. The molecule has 0 aliphatic rings. The first-order valence-corrected chi connectivity index (χ1v) is 6.44. The number of alkyl halides is 1. The molecular formula is C12H13Cl2N3O2. The van der Waals surface area contributed by atoms with Crippen LogP contribution in [0, 0.1) is 0 Å². The monoisotopic (exact) mass is 301 g/mol. The van der Waals surface area contributed by atoms with E-state index < -0.39 is 0 Å². The molecule has 1 heterocycles. The summed E-state index contributed by atoms with van der Waals surface area (Å²) in [6.45, 7) is 0.341. The van der Waals surface area contributed by atoms with Crippen LogP contribution in [0.3, 0.4) is 0 Å². The zero-order chi connectivity index (χ0) is 13.8. The van der Waals surface area contributed by atoms with Gasteiger partial charge in [-0.15, -0.1) is 21.8 Å². The molecule has 0 saturated carbocycles. The number of aromatic nitrogens is 3. The van der Waals surface area contributed by atoms with Gasteiger partial charge in [-0.3, -0.25) is 4.57 Å². The van der Waals surface area contributed by atoms with E-state index in [1.165, 1.54) is 0 Å². The van der Waals surface area contributed by atoms with Crippen LogP contribution in [0.15, 0.2) is 18.2 Å². The first-order chi connectivity index (χ1) is 9.21. The number of nitrogens with zero attached hydrogens (tertiary/aromatic N) is 3. The number of hydrogen-bond acceptors (Lipinski definition) is 4. The third kappa shape index (κ3) is 2.83. The number of halogens is 2. The summed E-state index contributed by atoms with van der Waals surface area (Å²) in [7, 11) is 3.17. The number of hydrogen-bond donors (Lipinski definition) is 0. The molecule has 0 unspecified atom stereocenters. The van der Waals surface area contributed by atoms with Crippen molar-refractivity contribution in [1.29, 1.82) is 0 Å². The molecule has 102 valence electrons. The van der Waals surface area contributed by atoms with Gasteiger partial charge in [0.1, 0.15) is 12.4 Å². The van der Waals surface area contributed by atoms with Crippen molar-refractivity contribution in [2.45, 2.75) is 12.5 Å². The molecule has 0 amide bonds. The summed E-state index contributed by atoms with van der Waals surface area (Å²) in [4.78, 5) is 0. The van der Waals surface area contributed by atoms with Gasteiger partial charge in [0.15, 0.2) is 11.6 Å². The molecule has 19 heavy (non-hydrogen) atoms. The Hall–Kier alpha value is -1.30. The van der Waals surface area contributed by atoms with Crippen molar-refractivity contribution in [1.82, 2.24) is 14.8 Å². The molecule has 2 aromatic rings. The maximum atomic E-state index is 6.13. The predicted octanol–water partition coefficient (Wildman–Crippen LogP) is 2.81. The molecule has 0 fully saturated rings. The third-order valence-corrected chi connectivity index (χ3v) is 3.12. The molecule has 1 aromatic carbocycles. The smallest absolute Gasteiger partial charge is 0.163 e. The van der Waals surface area contributed by atoms with Crippen molar-refractivity contribution in [3.05, 3.63) is 34.9 Å². The fraction of sp³-hybridized carbons (Fsp3) is 0.333. The Kier molecular flexibility index (Phi) is 4.63. The van der Waals surface area contributed by atoms with Crippen molar-refractivity contribution in [2.75, 3.05) is 14.2 Å². The van der Waals surface area contributed by atoms with E-state index in [0.29, 0.717) is 29.0 Å². The molecule has 0 saturated heterocycles. The second-order valence-electron chi connectivity index (χ2n) is 3.75. The van der Waals surface area contributed by atoms with Crippen LogP contribution in [0.5, 0.6) is 5.75 Å². The van der Waals surface area contributed by atoms with Gasteiger partial charge < -0.3 is 9.47 Å². The Morgan fingerprint density at radius 1 is 1.21 bits per heavy atom. The lowest BCUT2D eigenvalue weighted by atomic mass is 10.3. The minimum atomic E-state index is 0.250. The Balaban J connectivity index is 2.50. The van der Waals surface area contributed by atoms with E-state index in [-0.39, 0.29) is 5.88 Å². The van der Waals surface area contributed by atoms with Gasteiger partial charge in [-0.25, -0.2) is 0 Å². The maximum Gasteiger partial charge on any atom is 0.163 e. The highest BCUT2D eigenvalue weighted by atomic mass is 35.5. The van der Waals surface area contributed by atoms with Crippen molar-refractivity contribution in [3.8, 4) is 11.4 Å². The Labute approximate surface area is 121 Å². The summed E-state index contributed by atoms with van der Waals surface area (Å²) >= 11 is 12.0. The van der Waals surface area contributed by atoms with E-state index in [0.717, 1.165) is 5.69 Å². The van der Waals surface area contributed by atoms with E-state index in [1.54, 1.807) is 26.4 Å². The van der Waals surface area contributed by atoms with E-state index in [2.05, 4.69) is 10.2 Å². The van der Waals surface area contributed by atoms with Gasteiger partial charge in [-0.2, -0.15) is 0 Å². The van der Waals surface area contributed by atoms with Crippen LogP contribution in [-0.2, 0) is 17.2 Å². The summed E-state index contributed by atoms with van der Waals surface area (Å²) in [6.07, 6.45) is 0. The van der Waals surface area contributed by atoms with E-state index in [4.69, 9.17) is 32.7 Å². The lowest BCUT2D eigenvalue weighted by molar-refractivity contribution is 0.176. The van der Waals surface area contributed by atoms with Crippen LogP contribution in [0.25, 0.3) is 5.69 Å².